The number of rotatable bonds is 1. The Balaban J connectivity index is 3.24. The molecule has 0 radical (unpaired) electrons. The minimum atomic E-state index is -0.110. The summed E-state index contributed by atoms with van der Waals surface area (Å²) in [4.78, 5) is 11.6. The molecule has 1 aliphatic rings. The molecule has 2 atom stereocenters. The van der Waals surface area contributed by atoms with Gasteiger partial charge in [-0.05, 0) is 19.4 Å². The van der Waals surface area contributed by atoms with Gasteiger partial charge in [0.15, 0.2) is 5.78 Å². The van der Waals surface area contributed by atoms with Gasteiger partial charge in [-0.3, -0.25) is 4.79 Å². The molecule has 0 amide bonds. The average Bonchev–Trinajstić information content (AvgIpc) is 2.22. The molecule has 0 aromatic carbocycles. The van der Waals surface area contributed by atoms with Gasteiger partial charge in [-0.2, -0.15) is 0 Å². The standard InChI is InChI=1S/C11H16O/c1-6-11(5)8(3)7(2)10(12)9(11)4/h6,9H,1H2,2-5H3. The van der Waals surface area contributed by atoms with Gasteiger partial charge in [0.05, 0.1) is 0 Å². The molecule has 1 nitrogen and oxygen atoms in total. The Hall–Kier alpha value is -0.850. The van der Waals surface area contributed by atoms with E-state index in [0.717, 1.165) is 5.57 Å². The number of allylic oxidation sites excluding steroid dienone is 3. The van der Waals surface area contributed by atoms with E-state index in [-0.39, 0.29) is 17.1 Å². The Kier molecular flexibility index (Phi) is 1.99. The van der Waals surface area contributed by atoms with Gasteiger partial charge >= 0.3 is 0 Å². The van der Waals surface area contributed by atoms with Crippen molar-refractivity contribution < 1.29 is 4.79 Å². The third-order valence-electron chi connectivity index (χ3n) is 3.46. The van der Waals surface area contributed by atoms with Crippen LogP contribution in [0.25, 0.3) is 0 Å². The summed E-state index contributed by atoms with van der Waals surface area (Å²) in [6.45, 7) is 11.8. The van der Waals surface area contributed by atoms with Crippen LogP contribution in [-0.2, 0) is 4.79 Å². The van der Waals surface area contributed by atoms with E-state index in [2.05, 4.69) is 13.5 Å². The molecule has 0 saturated carbocycles. The summed E-state index contributed by atoms with van der Waals surface area (Å²) < 4.78 is 0. The number of carbonyl (C=O) groups is 1. The molecule has 1 heteroatoms. The van der Waals surface area contributed by atoms with Crippen LogP contribution in [0.3, 0.4) is 0 Å². The van der Waals surface area contributed by atoms with Crippen molar-refractivity contribution >= 4 is 5.78 Å². The van der Waals surface area contributed by atoms with Crippen LogP contribution in [-0.4, -0.2) is 5.78 Å². The zero-order valence-corrected chi connectivity index (χ0v) is 8.27. The van der Waals surface area contributed by atoms with Crippen LogP contribution in [0.1, 0.15) is 27.7 Å². The van der Waals surface area contributed by atoms with Gasteiger partial charge in [-0.15, -0.1) is 6.58 Å². The smallest absolute Gasteiger partial charge is 0.162 e. The fraction of sp³-hybridized carbons (Fsp3) is 0.545. The number of hydrogen-bond donors (Lipinski definition) is 0. The largest absolute Gasteiger partial charge is 0.294 e. The lowest BCUT2D eigenvalue weighted by Gasteiger charge is -2.26. The zero-order valence-electron chi connectivity index (χ0n) is 8.27. The van der Waals surface area contributed by atoms with E-state index in [9.17, 15) is 4.79 Å². The maximum absolute atomic E-state index is 11.6. The SMILES string of the molecule is C=CC1(C)C(C)=C(C)C(=O)C1C. The van der Waals surface area contributed by atoms with Gasteiger partial charge in [0.2, 0.25) is 0 Å². The van der Waals surface area contributed by atoms with E-state index in [4.69, 9.17) is 0 Å². The van der Waals surface area contributed by atoms with Crippen LogP contribution < -0.4 is 0 Å². The quantitative estimate of drug-likeness (QED) is 0.544. The molecule has 66 valence electrons. The number of Topliss-reactive ketones (excluding diaryl/α,β-unsaturated/α-hetero) is 1. The minimum absolute atomic E-state index is 0.0648. The number of hydrogen-bond acceptors (Lipinski definition) is 1. The third kappa shape index (κ3) is 0.889. The third-order valence-corrected chi connectivity index (χ3v) is 3.46. The Morgan fingerprint density at radius 2 is 2.00 bits per heavy atom. The summed E-state index contributed by atoms with van der Waals surface area (Å²) in [6, 6.07) is 0. The molecule has 0 fully saturated rings. The maximum Gasteiger partial charge on any atom is 0.162 e. The molecule has 0 N–H and O–H groups in total. The fourth-order valence-corrected chi connectivity index (χ4v) is 1.84. The van der Waals surface area contributed by atoms with Gasteiger partial charge in [0.25, 0.3) is 0 Å². The van der Waals surface area contributed by atoms with E-state index >= 15 is 0 Å². The van der Waals surface area contributed by atoms with Crippen molar-refractivity contribution in [2.24, 2.45) is 11.3 Å². The molecule has 0 aliphatic heterocycles. The van der Waals surface area contributed by atoms with Crippen LogP contribution in [0.4, 0.5) is 0 Å². The first-order chi connectivity index (χ1) is 5.45. The van der Waals surface area contributed by atoms with Crippen molar-refractivity contribution in [3.8, 4) is 0 Å². The summed E-state index contributed by atoms with van der Waals surface area (Å²) in [5.74, 6) is 0.338. The second kappa shape index (κ2) is 2.58. The van der Waals surface area contributed by atoms with Gasteiger partial charge in [0, 0.05) is 11.3 Å². The lowest BCUT2D eigenvalue weighted by Crippen LogP contribution is -2.23. The fourth-order valence-electron chi connectivity index (χ4n) is 1.84. The molecule has 0 saturated heterocycles. The molecule has 1 aliphatic carbocycles. The van der Waals surface area contributed by atoms with Gasteiger partial charge in [-0.25, -0.2) is 0 Å². The highest BCUT2D eigenvalue weighted by atomic mass is 16.1. The van der Waals surface area contributed by atoms with Crippen LogP contribution >= 0.6 is 0 Å². The first kappa shape index (κ1) is 9.24. The number of carbonyl (C=O) groups excluding carboxylic acids is 1. The molecule has 12 heavy (non-hydrogen) atoms. The molecule has 0 aromatic rings. The van der Waals surface area contributed by atoms with Crippen molar-refractivity contribution in [1.82, 2.24) is 0 Å². The van der Waals surface area contributed by atoms with E-state index in [1.54, 1.807) is 0 Å². The Labute approximate surface area is 74.2 Å². The van der Waals surface area contributed by atoms with Gasteiger partial charge in [-0.1, -0.05) is 25.5 Å². The summed E-state index contributed by atoms with van der Waals surface area (Å²) in [5, 5.41) is 0. The van der Waals surface area contributed by atoms with Crippen LogP contribution in [0, 0.1) is 11.3 Å². The topological polar surface area (TPSA) is 17.1 Å². The van der Waals surface area contributed by atoms with Crippen LogP contribution in [0.5, 0.6) is 0 Å². The maximum atomic E-state index is 11.6. The van der Waals surface area contributed by atoms with Gasteiger partial charge < -0.3 is 0 Å². The molecule has 0 heterocycles. The predicted molar refractivity (Wildman–Crippen MR) is 50.8 cm³/mol. The van der Waals surface area contributed by atoms with Crippen molar-refractivity contribution in [3.05, 3.63) is 23.8 Å². The van der Waals surface area contributed by atoms with Crippen molar-refractivity contribution in [2.45, 2.75) is 27.7 Å². The lowest BCUT2D eigenvalue weighted by atomic mass is 9.77. The van der Waals surface area contributed by atoms with Crippen LogP contribution in [0.15, 0.2) is 23.8 Å². The van der Waals surface area contributed by atoms with Crippen LogP contribution in [0.2, 0.25) is 0 Å². The predicted octanol–water partition coefficient (Wildman–Crippen LogP) is 2.73. The molecule has 1 rings (SSSR count). The van der Waals surface area contributed by atoms with Crippen molar-refractivity contribution in [2.75, 3.05) is 0 Å². The number of ketones is 1. The van der Waals surface area contributed by atoms with E-state index in [0.29, 0.717) is 0 Å². The zero-order chi connectivity index (χ0) is 9.52. The Morgan fingerprint density at radius 1 is 1.50 bits per heavy atom. The molecule has 0 aromatic heterocycles. The Morgan fingerprint density at radius 3 is 2.17 bits per heavy atom. The normalized spacial score (nSPS) is 36.0. The summed E-state index contributed by atoms with van der Waals surface area (Å²) in [7, 11) is 0. The highest BCUT2D eigenvalue weighted by molar-refractivity contribution is 6.01. The summed E-state index contributed by atoms with van der Waals surface area (Å²) in [6.07, 6.45) is 1.89. The molecule has 2 unspecified atom stereocenters. The highest BCUT2D eigenvalue weighted by Gasteiger charge is 2.42. The first-order valence-corrected chi connectivity index (χ1v) is 4.31. The average molecular weight is 164 g/mol. The molecule has 0 bridgehead atoms. The highest BCUT2D eigenvalue weighted by Crippen LogP contribution is 2.45. The summed E-state index contributed by atoms with van der Waals surface area (Å²) >= 11 is 0. The monoisotopic (exact) mass is 164 g/mol. The van der Waals surface area contributed by atoms with Gasteiger partial charge in [0.1, 0.15) is 0 Å². The second-order valence-electron chi connectivity index (χ2n) is 3.82. The lowest BCUT2D eigenvalue weighted by molar-refractivity contribution is -0.119. The minimum Gasteiger partial charge on any atom is -0.294 e. The van der Waals surface area contributed by atoms with E-state index < -0.39 is 0 Å². The second-order valence-corrected chi connectivity index (χ2v) is 3.82. The van der Waals surface area contributed by atoms with E-state index in [1.165, 1.54) is 5.57 Å². The Bertz CT molecular complexity index is 273. The first-order valence-electron chi connectivity index (χ1n) is 4.31. The molecular formula is C11H16O. The summed E-state index contributed by atoms with van der Waals surface area (Å²) in [5.41, 5.74) is 1.99. The molecular weight excluding hydrogens is 148 g/mol. The van der Waals surface area contributed by atoms with Crippen molar-refractivity contribution in [3.63, 3.8) is 0 Å². The van der Waals surface area contributed by atoms with E-state index in [1.807, 2.05) is 26.8 Å². The van der Waals surface area contributed by atoms with Crippen molar-refractivity contribution in [1.29, 1.82) is 0 Å². The molecule has 0 spiro atoms.